The van der Waals surface area contributed by atoms with Gasteiger partial charge < -0.3 is 0 Å². The Morgan fingerprint density at radius 2 is 1.14 bits per heavy atom. The molecular weight excluding hydrogens is 264 g/mol. The summed E-state index contributed by atoms with van der Waals surface area (Å²) >= 11 is 0. The van der Waals surface area contributed by atoms with E-state index in [1.807, 2.05) is 84.9 Å². The zero-order valence-corrected chi connectivity index (χ0v) is 12.2. The standard InChI is InChI=1S/C22H15/c1-3-9-19(10-4-1)15-17-21-13-7-8-14-22(21)18-16-20-11-5-2-6-12-20/h1-14,17H. The van der Waals surface area contributed by atoms with Crippen molar-refractivity contribution in [3.63, 3.8) is 0 Å². The molecule has 0 bridgehead atoms. The van der Waals surface area contributed by atoms with Crippen molar-refractivity contribution in [3.05, 3.63) is 113 Å². The van der Waals surface area contributed by atoms with E-state index in [2.05, 4.69) is 24.0 Å². The molecule has 103 valence electrons. The van der Waals surface area contributed by atoms with Crippen LogP contribution in [0.3, 0.4) is 0 Å². The summed E-state index contributed by atoms with van der Waals surface area (Å²) in [4.78, 5) is 0. The number of benzene rings is 3. The van der Waals surface area contributed by atoms with Crippen LogP contribution in [0.4, 0.5) is 0 Å². The number of rotatable bonds is 2. The second-order valence-corrected chi connectivity index (χ2v) is 4.86. The molecule has 0 atom stereocenters. The molecule has 0 aliphatic carbocycles. The van der Waals surface area contributed by atoms with E-state index in [-0.39, 0.29) is 0 Å². The zero-order chi connectivity index (χ0) is 15.0. The summed E-state index contributed by atoms with van der Waals surface area (Å²) in [6.07, 6.45) is 5.30. The molecule has 22 heavy (non-hydrogen) atoms. The molecule has 0 N–H and O–H groups in total. The van der Waals surface area contributed by atoms with Crippen molar-refractivity contribution in [2.45, 2.75) is 0 Å². The van der Waals surface area contributed by atoms with Crippen molar-refractivity contribution in [2.75, 3.05) is 0 Å². The summed E-state index contributed by atoms with van der Waals surface area (Å²) in [5, 5.41) is 0. The van der Waals surface area contributed by atoms with Crippen LogP contribution in [0.5, 0.6) is 0 Å². The largest absolute Gasteiger partial charge is 0.0622 e. The van der Waals surface area contributed by atoms with E-state index in [9.17, 15) is 0 Å². The smallest absolute Gasteiger partial charge is 0.0321 e. The fourth-order valence-corrected chi connectivity index (χ4v) is 2.09. The lowest BCUT2D eigenvalue weighted by Crippen LogP contribution is -1.82. The van der Waals surface area contributed by atoms with Crippen LogP contribution < -0.4 is 0 Å². The van der Waals surface area contributed by atoms with Gasteiger partial charge in [-0.3, -0.25) is 0 Å². The molecule has 0 saturated heterocycles. The summed E-state index contributed by atoms with van der Waals surface area (Å²) < 4.78 is 0. The van der Waals surface area contributed by atoms with Gasteiger partial charge in [-0.1, -0.05) is 78.6 Å². The first-order valence-corrected chi connectivity index (χ1v) is 7.23. The van der Waals surface area contributed by atoms with E-state index in [0.717, 1.165) is 22.3 Å². The minimum absolute atomic E-state index is 1.01. The maximum absolute atomic E-state index is 3.31. The maximum atomic E-state index is 3.31. The molecular formula is C22H15. The summed E-state index contributed by atoms with van der Waals surface area (Å²) in [7, 11) is 0. The topological polar surface area (TPSA) is 0 Å². The molecule has 0 heterocycles. The first-order valence-electron chi connectivity index (χ1n) is 7.23. The molecule has 0 aliphatic rings. The van der Waals surface area contributed by atoms with E-state index in [1.54, 1.807) is 0 Å². The fourth-order valence-electron chi connectivity index (χ4n) is 2.09. The third kappa shape index (κ3) is 3.75. The van der Waals surface area contributed by atoms with Crippen LogP contribution in [0.2, 0.25) is 0 Å². The Hall–Kier alpha value is -3.04. The highest BCUT2D eigenvalue weighted by Crippen LogP contribution is 2.11. The van der Waals surface area contributed by atoms with Gasteiger partial charge in [-0.2, -0.15) is 0 Å². The Morgan fingerprint density at radius 1 is 0.545 bits per heavy atom. The van der Waals surface area contributed by atoms with Crippen molar-refractivity contribution < 1.29 is 0 Å². The van der Waals surface area contributed by atoms with E-state index in [0.29, 0.717) is 0 Å². The average molecular weight is 279 g/mol. The van der Waals surface area contributed by atoms with Crippen molar-refractivity contribution in [3.8, 4) is 11.8 Å². The summed E-state index contributed by atoms with van der Waals surface area (Å²) in [5.74, 6) is 6.45. The molecule has 3 rings (SSSR count). The van der Waals surface area contributed by atoms with E-state index in [1.165, 1.54) is 0 Å². The lowest BCUT2D eigenvalue weighted by Gasteiger charge is -1.98. The predicted molar refractivity (Wildman–Crippen MR) is 92.1 cm³/mol. The highest BCUT2D eigenvalue weighted by molar-refractivity contribution is 5.60. The van der Waals surface area contributed by atoms with Crippen LogP contribution >= 0.6 is 0 Å². The number of hydrogen-bond acceptors (Lipinski definition) is 0. The second-order valence-electron chi connectivity index (χ2n) is 4.86. The lowest BCUT2D eigenvalue weighted by atomic mass is 10.1. The van der Waals surface area contributed by atoms with Gasteiger partial charge in [0.05, 0.1) is 0 Å². The Bertz CT molecular complexity index is 816. The van der Waals surface area contributed by atoms with Gasteiger partial charge in [0.1, 0.15) is 0 Å². The zero-order valence-electron chi connectivity index (χ0n) is 12.2. The minimum Gasteiger partial charge on any atom is -0.0622 e. The third-order valence-corrected chi connectivity index (χ3v) is 3.24. The van der Waals surface area contributed by atoms with Crippen molar-refractivity contribution in [2.24, 2.45) is 0 Å². The van der Waals surface area contributed by atoms with Crippen molar-refractivity contribution >= 4 is 6.08 Å². The van der Waals surface area contributed by atoms with Gasteiger partial charge in [-0.15, -0.1) is 0 Å². The van der Waals surface area contributed by atoms with Gasteiger partial charge in [0, 0.05) is 11.1 Å². The van der Waals surface area contributed by atoms with Gasteiger partial charge in [0.25, 0.3) is 0 Å². The monoisotopic (exact) mass is 279 g/mol. The Morgan fingerprint density at radius 3 is 1.86 bits per heavy atom. The molecule has 0 spiro atoms. The van der Waals surface area contributed by atoms with Crippen molar-refractivity contribution in [1.82, 2.24) is 0 Å². The Labute approximate surface area is 131 Å². The minimum atomic E-state index is 1.01. The molecule has 1 radical (unpaired) electrons. The van der Waals surface area contributed by atoms with Gasteiger partial charge >= 0.3 is 0 Å². The van der Waals surface area contributed by atoms with E-state index >= 15 is 0 Å². The van der Waals surface area contributed by atoms with Crippen LogP contribution in [-0.4, -0.2) is 0 Å². The molecule has 0 amide bonds. The first-order chi connectivity index (χ1) is 10.9. The third-order valence-electron chi connectivity index (χ3n) is 3.24. The Balaban J connectivity index is 1.88. The highest BCUT2D eigenvalue weighted by Gasteiger charge is 1.95. The van der Waals surface area contributed by atoms with Gasteiger partial charge in [-0.05, 0) is 41.5 Å². The van der Waals surface area contributed by atoms with Crippen molar-refractivity contribution in [1.29, 1.82) is 0 Å². The average Bonchev–Trinajstić information content (AvgIpc) is 2.61. The fraction of sp³-hybridized carbons (Fsp3) is 0. The molecule has 0 aliphatic heterocycles. The second kappa shape index (κ2) is 7.11. The summed E-state index contributed by atoms with van der Waals surface area (Å²) in [6.45, 7) is 0. The molecule has 0 saturated carbocycles. The maximum Gasteiger partial charge on any atom is 0.0321 e. The molecule has 0 fully saturated rings. The molecule has 0 nitrogen and oxygen atoms in total. The molecule has 0 unspecified atom stereocenters. The van der Waals surface area contributed by atoms with E-state index in [4.69, 9.17) is 0 Å². The molecule has 3 aromatic rings. The predicted octanol–water partition coefficient (Wildman–Crippen LogP) is 4.95. The Kier molecular flexibility index (Phi) is 4.50. The van der Waals surface area contributed by atoms with Crippen LogP contribution in [0.1, 0.15) is 22.3 Å². The first kappa shape index (κ1) is 13.9. The summed E-state index contributed by atoms with van der Waals surface area (Å²) in [6, 6.07) is 28.3. The normalized spacial score (nSPS) is 10.2. The SMILES string of the molecule is [C](=Cc1ccccc1C#Cc1ccccc1)c1ccccc1. The van der Waals surface area contributed by atoms with Crippen LogP contribution in [0.15, 0.2) is 84.9 Å². The summed E-state index contributed by atoms with van der Waals surface area (Å²) in [5.41, 5.74) is 4.17. The van der Waals surface area contributed by atoms with E-state index < -0.39 is 0 Å². The van der Waals surface area contributed by atoms with Crippen LogP contribution in [-0.2, 0) is 0 Å². The molecule has 0 heteroatoms. The number of hydrogen-bond donors (Lipinski definition) is 0. The quantitative estimate of drug-likeness (QED) is 0.460. The van der Waals surface area contributed by atoms with Gasteiger partial charge in [0.15, 0.2) is 0 Å². The van der Waals surface area contributed by atoms with Gasteiger partial charge in [-0.25, -0.2) is 0 Å². The van der Waals surface area contributed by atoms with Crippen LogP contribution in [0, 0.1) is 17.9 Å². The lowest BCUT2D eigenvalue weighted by molar-refractivity contribution is 1.55. The van der Waals surface area contributed by atoms with Gasteiger partial charge in [0.2, 0.25) is 0 Å². The highest BCUT2D eigenvalue weighted by atomic mass is 14.0. The molecule has 3 aromatic carbocycles. The molecule has 0 aromatic heterocycles. The van der Waals surface area contributed by atoms with Crippen LogP contribution in [0.25, 0.3) is 6.08 Å².